The van der Waals surface area contributed by atoms with E-state index in [1.807, 2.05) is 7.05 Å². The fraction of sp³-hybridized carbons (Fsp3) is 0.875. The molecule has 1 amide bonds. The SMILES string of the molecule is CC(C)CCN(C)C(=O)CBr. The summed E-state index contributed by atoms with van der Waals surface area (Å²) in [5, 5.41) is 0.432. The Labute approximate surface area is 77.1 Å². The normalized spacial score (nSPS) is 10.3. The molecular formula is C8H16BrNO. The van der Waals surface area contributed by atoms with Gasteiger partial charge in [-0.3, -0.25) is 4.79 Å². The first-order valence-electron chi connectivity index (χ1n) is 3.87. The molecule has 0 rings (SSSR count). The molecule has 0 bridgehead atoms. The van der Waals surface area contributed by atoms with Gasteiger partial charge in [0.2, 0.25) is 5.91 Å². The van der Waals surface area contributed by atoms with Crippen molar-refractivity contribution in [1.82, 2.24) is 4.90 Å². The molecule has 0 aliphatic carbocycles. The zero-order valence-electron chi connectivity index (χ0n) is 7.43. The highest BCUT2D eigenvalue weighted by atomic mass is 79.9. The van der Waals surface area contributed by atoms with Crippen LogP contribution in [0.3, 0.4) is 0 Å². The van der Waals surface area contributed by atoms with Crippen LogP contribution in [-0.2, 0) is 4.79 Å². The molecule has 0 N–H and O–H groups in total. The molecule has 0 fully saturated rings. The summed E-state index contributed by atoms with van der Waals surface area (Å²) in [5.41, 5.74) is 0. The van der Waals surface area contributed by atoms with Crippen molar-refractivity contribution in [3.63, 3.8) is 0 Å². The average molecular weight is 222 g/mol. The van der Waals surface area contributed by atoms with Crippen LogP contribution in [0, 0.1) is 5.92 Å². The number of amides is 1. The summed E-state index contributed by atoms with van der Waals surface area (Å²) in [4.78, 5) is 12.8. The van der Waals surface area contributed by atoms with E-state index in [9.17, 15) is 4.79 Å². The van der Waals surface area contributed by atoms with Gasteiger partial charge >= 0.3 is 0 Å². The topological polar surface area (TPSA) is 20.3 Å². The van der Waals surface area contributed by atoms with Gasteiger partial charge in [-0.2, -0.15) is 0 Å². The molecule has 0 saturated heterocycles. The predicted molar refractivity (Wildman–Crippen MR) is 50.9 cm³/mol. The van der Waals surface area contributed by atoms with Crippen molar-refractivity contribution in [1.29, 1.82) is 0 Å². The maximum absolute atomic E-state index is 11.0. The summed E-state index contributed by atoms with van der Waals surface area (Å²) in [7, 11) is 1.84. The summed E-state index contributed by atoms with van der Waals surface area (Å²) in [5.74, 6) is 0.825. The van der Waals surface area contributed by atoms with Crippen molar-refractivity contribution in [2.75, 3.05) is 18.9 Å². The lowest BCUT2D eigenvalue weighted by atomic mass is 10.1. The van der Waals surface area contributed by atoms with Gasteiger partial charge in [0, 0.05) is 13.6 Å². The maximum Gasteiger partial charge on any atom is 0.232 e. The van der Waals surface area contributed by atoms with Crippen LogP contribution < -0.4 is 0 Å². The summed E-state index contributed by atoms with van der Waals surface area (Å²) in [6.45, 7) is 5.18. The minimum atomic E-state index is 0.158. The molecule has 2 nitrogen and oxygen atoms in total. The van der Waals surface area contributed by atoms with Gasteiger partial charge in [0.05, 0.1) is 5.33 Å². The summed E-state index contributed by atoms with van der Waals surface area (Å²) in [6.07, 6.45) is 1.08. The van der Waals surface area contributed by atoms with Crippen molar-refractivity contribution in [2.45, 2.75) is 20.3 Å². The third-order valence-corrected chi connectivity index (χ3v) is 2.06. The van der Waals surface area contributed by atoms with Crippen molar-refractivity contribution in [3.05, 3.63) is 0 Å². The Hall–Kier alpha value is -0.0500. The quantitative estimate of drug-likeness (QED) is 0.665. The van der Waals surface area contributed by atoms with Gasteiger partial charge in [-0.15, -0.1) is 0 Å². The molecule has 0 radical (unpaired) electrons. The van der Waals surface area contributed by atoms with E-state index in [-0.39, 0.29) is 5.91 Å². The van der Waals surface area contributed by atoms with Gasteiger partial charge in [0.1, 0.15) is 0 Å². The highest BCUT2D eigenvalue weighted by molar-refractivity contribution is 9.09. The second-order valence-corrected chi connectivity index (χ2v) is 3.69. The molecule has 0 unspecified atom stereocenters. The van der Waals surface area contributed by atoms with Gasteiger partial charge in [-0.1, -0.05) is 29.8 Å². The van der Waals surface area contributed by atoms with Crippen molar-refractivity contribution < 1.29 is 4.79 Å². The number of carbonyl (C=O) groups is 1. The van der Waals surface area contributed by atoms with E-state index in [0.29, 0.717) is 11.2 Å². The highest BCUT2D eigenvalue weighted by Crippen LogP contribution is 2.01. The van der Waals surface area contributed by atoms with E-state index in [4.69, 9.17) is 0 Å². The standard InChI is InChI=1S/C8H16BrNO/c1-7(2)4-5-10(3)8(11)6-9/h7H,4-6H2,1-3H3. The van der Waals surface area contributed by atoms with Crippen LogP contribution in [0.15, 0.2) is 0 Å². The number of alkyl halides is 1. The highest BCUT2D eigenvalue weighted by Gasteiger charge is 2.05. The molecule has 0 saturated carbocycles. The number of hydrogen-bond donors (Lipinski definition) is 0. The molecule has 3 heteroatoms. The fourth-order valence-corrected chi connectivity index (χ4v) is 1.11. The number of rotatable bonds is 4. The van der Waals surface area contributed by atoms with Crippen LogP contribution in [0.1, 0.15) is 20.3 Å². The third-order valence-electron chi connectivity index (χ3n) is 1.58. The van der Waals surface area contributed by atoms with E-state index < -0.39 is 0 Å². The number of carbonyl (C=O) groups excluding carboxylic acids is 1. The molecule has 11 heavy (non-hydrogen) atoms. The lowest BCUT2D eigenvalue weighted by Crippen LogP contribution is -2.29. The minimum absolute atomic E-state index is 0.158. The van der Waals surface area contributed by atoms with Gasteiger partial charge in [-0.05, 0) is 12.3 Å². The Morgan fingerprint density at radius 1 is 1.55 bits per heavy atom. The first-order valence-corrected chi connectivity index (χ1v) is 5.00. The Bertz CT molecular complexity index is 125. The first-order chi connectivity index (χ1) is 5.07. The summed E-state index contributed by atoms with van der Waals surface area (Å²) >= 11 is 3.13. The fourth-order valence-electron chi connectivity index (χ4n) is 0.679. The second kappa shape index (κ2) is 5.58. The van der Waals surface area contributed by atoms with Gasteiger partial charge in [-0.25, -0.2) is 0 Å². The maximum atomic E-state index is 11.0. The minimum Gasteiger partial charge on any atom is -0.345 e. The Morgan fingerprint density at radius 3 is 2.45 bits per heavy atom. The Balaban J connectivity index is 3.52. The van der Waals surface area contributed by atoms with Gasteiger partial charge in [0.25, 0.3) is 0 Å². The number of nitrogens with zero attached hydrogens (tertiary/aromatic N) is 1. The molecule has 0 aliphatic heterocycles. The van der Waals surface area contributed by atoms with E-state index in [1.165, 1.54) is 0 Å². The van der Waals surface area contributed by atoms with Crippen LogP contribution in [0.5, 0.6) is 0 Å². The van der Waals surface area contributed by atoms with Crippen LogP contribution >= 0.6 is 15.9 Å². The molecule has 0 aromatic carbocycles. The van der Waals surface area contributed by atoms with Gasteiger partial charge in [0.15, 0.2) is 0 Å². The van der Waals surface area contributed by atoms with Crippen LogP contribution in [-0.4, -0.2) is 29.7 Å². The third kappa shape index (κ3) is 5.24. The Morgan fingerprint density at radius 2 is 2.09 bits per heavy atom. The first kappa shape index (κ1) is 11.0. The largest absolute Gasteiger partial charge is 0.345 e. The van der Waals surface area contributed by atoms with Crippen LogP contribution in [0.25, 0.3) is 0 Å². The van der Waals surface area contributed by atoms with Crippen molar-refractivity contribution in [3.8, 4) is 0 Å². The monoisotopic (exact) mass is 221 g/mol. The lowest BCUT2D eigenvalue weighted by molar-refractivity contribution is -0.127. The molecule has 0 spiro atoms. The molecule has 0 aliphatic rings. The van der Waals surface area contributed by atoms with E-state index >= 15 is 0 Å². The van der Waals surface area contributed by atoms with Crippen LogP contribution in [0.2, 0.25) is 0 Å². The van der Waals surface area contributed by atoms with Gasteiger partial charge < -0.3 is 4.90 Å². The summed E-state index contributed by atoms with van der Waals surface area (Å²) < 4.78 is 0. The molecular weight excluding hydrogens is 206 g/mol. The van der Waals surface area contributed by atoms with Crippen LogP contribution in [0.4, 0.5) is 0 Å². The molecule has 0 atom stereocenters. The average Bonchev–Trinajstić information content (AvgIpc) is 1.98. The van der Waals surface area contributed by atoms with Crippen molar-refractivity contribution in [2.24, 2.45) is 5.92 Å². The van der Waals surface area contributed by atoms with E-state index in [2.05, 4.69) is 29.8 Å². The smallest absolute Gasteiger partial charge is 0.232 e. The van der Waals surface area contributed by atoms with E-state index in [0.717, 1.165) is 13.0 Å². The lowest BCUT2D eigenvalue weighted by Gasteiger charge is -2.16. The molecule has 0 aromatic rings. The predicted octanol–water partition coefficient (Wildman–Crippen LogP) is 1.89. The zero-order chi connectivity index (χ0) is 8.85. The zero-order valence-corrected chi connectivity index (χ0v) is 9.02. The molecule has 0 heterocycles. The van der Waals surface area contributed by atoms with E-state index in [1.54, 1.807) is 4.90 Å². The Kier molecular flexibility index (Phi) is 5.56. The molecule has 0 aromatic heterocycles. The number of halogens is 1. The second-order valence-electron chi connectivity index (χ2n) is 3.13. The molecule has 66 valence electrons. The number of hydrogen-bond acceptors (Lipinski definition) is 1. The van der Waals surface area contributed by atoms with Crippen molar-refractivity contribution >= 4 is 21.8 Å². The summed E-state index contributed by atoms with van der Waals surface area (Å²) in [6, 6.07) is 0.